The molecule has 88 valence electrons. The molecule has 0 amide bonds. The number of anilines is 1. The first-order valence-corrected chi connectivity index (χ1v) is 6.29. The number of hydrogen-bond donors (Lipinski definition) is 3. The molecule has 0 saturated carbocycles. The quantitative estimate of drug-likeness (QED) is 0.338. The van der Waals surface area contributed by atoms with Crippen LogP contribution >= 0.6 is 31.9 Å². The van der Waals surface area contributed by atoms with Crippen molar-refractivity contribution in [2.75, 3.05) is 11.9 Å². The predicted molar refractivity (Wildman–Crippen MR) is 72.9 cm³/mol. The summed E-state index contributed by atoms with van der Waals surface area (Å²) in [5, 5.41) is 14.7. The Labute approximate surface area is 111 Å². The van der Waals surface area contributed by atoms with Crippen LogP contribution in [-0.2, 0) is 0 Å². The molecular formula is C10H13Br2N3O. The molecule has 1 aromatic rings. The maximum absolute atomic E-state index is 8.51. The van der Waals surface area contributed by atoms with Crippen LogP contribution in [0.1, 0.15) is 6.92 Å². The fraction of sp³-hybridized carbons (Fsp3) is 0.300. The zero-order chi connectivity index (χ0) is 12.1. The zero-order valence-corrected chi connectivity index (χ0v) is 11.9. The van der Waals surface area contributed by atoms with Gasteiger partial charge in [0.25, 0.3) is 0 Å². The summed E-state index contributed by atoms with van der Waals surface area (Å²) >= 11 is 6.83. The van der Waals surface area contributed by atoms with Crippen molar-refractivity contribution in [3.8, 4) is 0 Å². The molecular weight excluding hydrogens is 338 g/mol. The SMILES string of the molecule is CC(CNc1ccc(Br)cc1Br)C(N)=NO. The molecule has 4 N–H and O–H groups in total. The molecule has 0 aromatic heterocycles. The molecule has 16 heavy (non-hydrogen) atoms. The van der Waals surface area contributed by atoms with E-state index < -0.39 is 0 Å². The maximum atomic E-state index is 8.51. The Morgan fingerprint density at radius 3 is 2.81 bits per heavy atom. The van der Waals surface area contributed by atoms with Crippen molar-refractivity contribution in [1.29, 1.82) is 0 Å². The summed E-state index contributed by atoms with van der Waals surface area (Å²) in [6, 6.07) is 5.85. The highest BCUT2D eigenvalue weighted by Crippen LogP contribution is 2.26. The average Bonchev–Trinajstić information content (AvgIpc) is 2.26. The van der Waals surface area contributed by atoms with E-state index in [4.69, 9.17) is 10.9 Å². The summed E-state index contributed by atoms with van der Waals surface area (Å²) in [6.07, 6.45) is 0. The molecule has 0 radical (unpaired) electrons. The molecule has 0 bridgehead atoms. The van der Waals surface area contributed by atoms with Gasteiger partial charge in [-0.05, 0) is 34.1 Å². The first kappa shape index (κ1) is 13.3. The Bertz CT molecular complexity index is 396. The Hall–Kier alpha value is -0.750. The third kappa shape index (κ3) is 3.68. The largest absolute Gasteiger partial charge is 0.409 e. The van der Waals surface area contributed by atoms with Gasteiger partial charge >= 0.3 is 0 Å². The minimum Gasteiger partial charge on any atom is -0.409 e. The number of hydrogen-bond acceptors (Lipinski definition) is 3. The van der Waals surface area contributed by atoms with Crippen molar-refractivity contribution in [3.05, 3.63) is 27.1 Å². The molecule has 0 fully saturated rings. The summed E-state index contributed by atoms with van der Waals surface area (Å²) in [5.74, 6) is 0.196. The van der Waals surface area contributed by atoms with E-state index in [-0.39, 0.29) is 11.8 Å². The fourth-order valence-corrected chi connectivity index (χ4v) is 2.29. The van der Waals surface area contributed by atoms with E-state index >= 15 is 0 Å². The van der Waals surface area contributed by atoms with Gasteiger partial charge in [0.1, 0.15) is 5.84 Å². The smallest absolute Gasteiger partial charge is 0.143 e. The van der Waals surface area contributed by atoms with Crippen molar-refractivity contribution < 1.29 is 5.21 Å². The highest BCUT2D eigenvalue weighted by Gasteiger charge is 2.08. The minimum atomic E-state index is -0.0273. The number of nitrogens with zero attached hydrogens (tertiary/aromatic N) is 1. The van der Waals surface area contributed by atoms with Gasteiger partial charge in [-0.3, -0.25) is 0 Å². The number of rotatable bonds is 4. The van der Waals surface area contributed by atoms with Crippen LogP contribution in [0.4, 0.5) is 5.69 Å². The van der Waals surface area contributed by atoms with Gasteiger partial charge in [0.15, 0.2) is 0 Å². The van der Waals surface area contributed by atoms with E-state index in [1.807, 2.05) is 25.1 Å². The molecule has 1 atom stereocenters. The predicted octanol–water partition coefficient (Wildman–Crippen LogP) is 3.01. The van der Waals surface area contributed by atoms with Crippen molar-refractivity contribution >= 4 is 43.4 Å². The lowest BCUT2D eigenvalue weighted by molar-refractivity contribution is 0.315. The summed E-state index contributed by atoms with van der Waals surface area (Å²) in [4.78, 5) is 0. The monoisotopic (exact) mass is 349 g/mol. The van der Waals surface area contributed by atoms with Gasteiger partial charge in [-0.1, -0.05) is 28.0 Å². The molecule has 1 rings (SSSR count). The van der Waals surface area contributed by atoms with Crippen LogP contribution in [0.3, 0.4) is 0 Å². The van der Waals surface area contributed by atoms with Crippen LogP contribution in [0.15, 0.2) is 32.3 Å². The number of benzene rings is 1. The third-order valence-corrected chi connectivity index (χ3v) is 3.30. The molecule has 0 spiro atoms. The van der Waals surface area contributed by atoms with E-state index in [0.29, 0.717) is 6.54 Å². The Balaban J connectivity index is 2.61. The van der Waals surface area contributed by atoms with Gasteiger partial charge in [-0.15, -0.1) is 0 Å². The van der Waals surface area contributed by atoms with Crippen molar-refractivity contribution in [3.63, 3.8) is 0 Å². The lowest BCUT2D eigenvalue weighted by atomic mass is 10.1. The second kappa shape index (κ2) is 6.10. The van der Waals surface area contributed by atoms with Crippen molar-refractivity contribution in [2.24, 2.45) is 16.8 Å². The number of amidine groups is 1. The highest BCUT2D eigenvalue weighted by atomic mass is 79.9. The molecule has 0 heterocycles. The van der Waals surface area contributed by atoms with E-state index in [0.717, 1.165) is 14.6 Å². The standard InChI is InChI=1S/C10H13Br2N3O/c1-6(10(13)15-16)5-14-9-3-2-7(11)4-8(9)12/h2-4,6,14,16H,5H2,1H3,(H2,13,15). The van der Waals surface area contributed by atoms with Crippen LogP contribution in [0.5, 0.6) is 0 Å². The number of oxime groups is 1. The van der Waals surface area contributed by atoms with Crippen LogP contribution in [0.25, 0.3) is 0 Å². The third-order valence-electron chi connectivity index (χ3n) is 2.15. The molecule has 0 aliphatic carbocycles. The van der Waals surface area contributed by atoms with Gasteiger partial charge < -0.3 is 16.3 Å². The Kier molecular flexibility index (Phi) is 5.08. The summed E-state index contributed by atoms with van der Waals surface area (Å²) < 4.78 is 1.97. The highest BCUT2D eigenvalue weighted by molar-refractivity contribution is 9.11. The lowest BCUT2D eigenvalue weighted by Crippen LogP contribution is -2.27. The van der Waals surface area contributed by atoms with Crippen LogP contribution in [-0.4, -0.2) is 17.6 Å². The first-order chi connectivity index (χ1) is 7.54. The van der Waals surface area contributed by atoms with Gasteiger partial charge in [0, 0.05) is 27.1 Å². The topological polar surface area (TPSA) is 70.6 Å². The van der Waals surface area contributed by atoms with Gasteiger partial charge in [-0.25, -0.2) is 0 Å². The summed E-state index contributed by atoms with van der Waals surface area (Å²) in [6.45, 7) is 2.49. The Morgan fingerprint density at radius 1 is 1.56 bits per heavy atom. The molecule has 6 heteroatoms. The normalized spacial score (nSPS) is 13.6. The number of nitrogens with one attached hydrogen (secondary N) is 1. The van der Waals surface area contributed by atoms with E-state index in [9.17, 15) is 0 Å². The minimum absolute atomic E-state index is 0.0273. The Morgan fingerprint density at radius 2 is 2.25 bits per heavy atom. The molecule has 0 aliphatic heterocycles. The molecule has 1 unspecified atom stereocenters. The van der Waals surface area contributed by atoms with Gasteiger partial charge in [-0.2, -0.15) is 0 Å². The van der Waals surface area contributed by atoms with Gasteiger partial charge in [0.05, 0.1) is 0 Å². The second-order valence-electron chi connectivity index (χ2n) is 3.43. The fourth-order valence-electron chi connectivity index (χ4n) is 1.10. The van der Waals surface area contributed by atoms with E-state index in [1.165, 1.54) is 0 Å². The average molecular weight is 351 g/mol. The lowest BCUT2D eigenvalue weighted by Gasteiger charge is -2.13. The number of halogens is 2. The summed E-state index contributed by atoms with van der Waals surface area (Å²) in [7, 11) is 0. The molecule has 4 nitrogen and oxygen atoms in total. The van der Waals surface area contributed by atoms with E-state index in [2.05, 4.69) is 42.3 Å². The first-order valence-electron chi connectivity index (χ1n) is 4.71. The molecule has 0 aliphatic rings. The molecule has 0 saturated heterocycles. The van der Waals surface area contributed by atoms with Gasteiger partial charge in [0.2, 0.25) is 0 Å². The van der Waals surface area contributed by atoms with Crippen molar-refractivity contribution in [2.45, 2.75) is 6.92 Å². The van der Waals surface area contributed by atoms with Crippen LogP contribution < -0.4 is 11.1 Å². The number of nitrogens with two attached hydrogens (primary N) is 1. The second-order valence-corrected chi connectivity index (χ2v) is 5.20. The summed E-state index contributed by atoms with van der Waals surface area (Å²) in [5.41, 5.74) is 6.46. The van der Waals surface area contributed by atoms with Crippen molar-refractivity contribution in [1.82, 2.24) is 0 Å². The van der Waals surface area contributed by atoms with E-state index in [1.54, 1.807) is 0 Å². The van der Waals surface area contributed by atoms with Crippen LogP contribution in [0, 0.1) is 5.92 Å². The maximum Gasteiger partial charge on any atom is 0.143 e. The zero-order valence-electron chi connectivity index (χ0n) is 8.74. The van der Waals surface area contributed by atoms with Crippen LogP contribution in [0.2, 0.25) is 0 Å². The molecule has 1 aromatic carbocycles.